The monoisotopic (exact) mass is 208 g/mol. The highest BCUT2D eigenvalue weighted by atomic mass is 16.3. The van der Waals surface area contributed by atoms with E-state index in [1.807, 2.05) is 24.9 Å². The number of likely N-dealkylation sites (N-methyl/N-ethyl adjacent to an activating group) is 1. The molecule has 4 nitrogen and oxygen atoms in total. The summed E-state index contributed by atoms with van der Waals surface area (Å²) in [7, 11) is 1.82. The quantitative estimate of drug-likeness (QED) is 0.771. The van der Waals surface area contributed by atoms with E-state index >= 15 is 0 Å². The number of hydrogen-bond acceptors (Lipinski definition) is 3. The summed E-state index contributed by atoms with van der Waals surface area (Å²) in [6.45, 7) is 2.16. The fourth-order valence-corrected chi connectivity index (χ4v) is 1.42. The minimum absolute atomic E-state index is 0.0459. The largest absolute Gasteiger partial charge is 0.508 e. The molecule has 0 saturated carbocycles. The number of aromatic hydroxyl groups is 1. The first kappa shape index (κ1) is 11.5. The van der Waals surface area contributed by atoms with Crippen molar-refractivity contribution in [3.05, 3.63) is 29.8 Å². The summed E-state index contributed by atoms with van der Waals surface area (Å²) in [4.78, 5) is 12.6. The number of primary amides is 1. The van der Waals surface area contributed by atoms with Gasteiger partial charge in [-0.1, -0.05) is 12.1 Å². The molecule has 0 bridgehead atoms. The molecule has 1 aromatic carbocycles. The Balaban J connectivity index is 2.75. The number of nitrogens with zero attached hydrogens (tertiary/aromatic N) is 1. The second-order valence-electron chi connectivity index (χ2n) is 3.65. The van der Waals surface area contributed by atoms with E-state index in [4.69, 9.17) is 5.73 Å². The maximum atomic E-state index is 10.7. The van der Waals surface area contributed by atoms with E-state index in [0.29, 0.717) is 0 Å². The van der Waals surface area contributed by atoms with E-state index in [1.165, 1.54) is 0 Å². The van der Waals surface area contributed by atoms with Crippen LogP contribution in [0.1, 0.15) is 18.5 Å². The first-order valence-electron chi connectivity index (χ1n) is 4.78. The van der Waals surface area contributed by atoms with Crippen molar-refractivity contribution in [1.29, 1.82) is 0 Å². The molecule has 15 heavy (non-hydrogen) atoms. The molecule has 0 heterocycles. The Morgan fingerprint density at radius 3 is 2.80 bits per heavy atom. The molecule has 0 spiro atoms. The van der Waals surface area contributed by atoms with Gasteiger partial charge in [0.1, 0.15) is 5.75 Å². The van der Waals surface area contributed by atoms with Crippen molar-refractivity contribution in [2.45, 2.75) is 13.0 Å². The van der Waals surface area contributed by atoms with Crippen LogP contribution in [0.5, 0.6) is 5.75 Å². The second kappa shape index (κ2) is 4.79. The summed E-state index contributed by atoms with van der Waals surface area (Å²) in [6.07, 6.45) is 0. The molecule has 82 valence electrons. The van der Waals surface area contributed by atoms with Gasteiger partial charge in [-0.15, -0.1) is 0 Å². The second-order valence-corrected chi connectivity index (χ2v) is 3.65. The normalized spacial score (nSPS) is 12.7. The number of carbonyl (C=O) groups is 1. The molecule has 0 aliphatic carbocycles. The molecule has 1 amide bonds. The summed E-state index contributed by atoms with van der Waals surface area (Å²) in [5.74, 6) is -0.128. The van der Waals surface area contributed by atoms with Crippen LogP contribution in [0.3, 0.4) is 0 Å². The number of phenolic OH excluding ortho intramolecular Hbond substituents is 1. The lowest BCUT2D eigenvalue weighted by Crippen LogP contribution is -2.32. The molecule has 1 aromatic rings. The fraction of sp³-hybridized carbons (Fsp3) is 0.364. The molecule has 1 rings (SSSR count). The van der Waals surface area contributed by atoms with Gasteiger partial charge in [0, 0.05) is 6.04 Å². The van der Waals surface area contributed by atoms with Crippen molar-refractivity contribution in [3.63, 3.8) is 0 Å². The smallest absolute Gasteiger partial charge is 0.231 e. The van der Waals surface area contributed by atoms with Crippen LogP contribution in [0, 0.1) is 0 Å². The number of nitrogens with two attached hydrogens (primary N) is 1. The number of carbonyl (C=O) groups excluding carboxylic acids is 1. The summed E-state index contributed by atoms with van der Waals surface area (Å²) in [5.41, 5.74) is 6.07. The van der Waals surface area contributed by atoms with Crippen LogP contribution in [0.4, 0.5) is 0 Å². The molecular formula is C11H16N2O2. The first-order valence-corrected chi connectivity index (χ1v) is 4.78. The Hall–Kier alpha value is -1.55. The molecule has 1 unspecified atom stereocenters. The lowest BCUT2D eigenvalue weighted by Gasteiger charge is -2.23. The Morgan fingerprint density at radius 2 is 2.27 bits per heavy atom. The zero-order valence-electron chi connectivity index (χ0n) is 8.97. The lowest BCUT2D eigenvalue weighted by atomic mass is 10.1. The number of hydrogen-bond donors (Lipinski definition) is 2. The third-order valence-electron chi connectivity index (χ3n) is 2.42. The van der Waals surface area contributed by atoms with Gasteiger partial charge in [-0.3, -0.25) is 9.69 Å². The molecule has 3 N–H and O–H groups in total. The van der Waals surface area contributed by atoms with Crippen LogP contribution in [0.2, 0.25) is 0 Å². The summed E-state index contributed by atoms with van der Waals surface area (Å²) < 4.78 is 0. The third-order valence-corrected chi connectivity index (χ3v) is 2.42. The molecule has 0 aliphatic rings. The summed E-state index contributed by atoms with van der Waals surface area (Å²) >= 11 is 0. The lowest BCUT2D eigenvalue weighted by molar-refractivity contribution is -0.119. The van der Waals surface area contributed by atoms with Gasteiger partial charge in [-0.05, 0) is 31.7 Å². The number of phenols is 1. The summed E-state index contributed by atoms with van der Waals surface area (Å²) in [5, 5.41) is 9.32. The van der Waals surface area contributed by atoms with E-state index in [2.05, 4.69) is 0 Å². The topological polar surface area (TPSA) is 66.6 Å². The van der Waals surface area contributed by atoms with Gasteiger partial charge >= 0.3 is 0 Å². The van der Waals surface area contributed by atoms with E-state index in [9.17, 15) is 9.90 Å². The minimum atomic E-state index is -0.357. The van der Waals surface area contributed by atoms with Crippen LogP contribution in [0.25, 0.3) is 0 Å². The Kier molecular flexibility index (Phi) is 3.68. The predicted molar refractivity (Wildman–Crippen MR) is 58.3 cm³/mol. The van der Waals surface area contributed by atoms with Crippen molar-refractivity contribution >= 4 is 5.91 Å². The Bertz CT molecular complexity index is 352. The molecule has 0 radical (unpaired) electrons. The zero-order chi connectivity index (χ0) is 11.4. The highest BCUT2D eigenvalue weighted by Gasteiger charge is 2.13. The standard InChI is InChI=1S/C11H16N2O2/c1-8(13(2)7-11(12)15)9-4-3-5-10(14)6-9/h3-6,8,14H,7H2,1-2H3,(H2,12,15). The molecule has 0 fully saturated rings. The molecule has 0 aromatic heterocycles. The van der Waals surface area contributed by atoms with Gasteiger partial charge in [-0.25, -0.2) is 0 Å². The minimum Gasteiger partial charge on any atom is -0.508 e. The van der Waals surface area contributed by atoms with Crippen LogP contribution < -0.4 is 5.73 Å². The SMILES string of the molecule is CC(c1cccc(O)c1)N(C)CC(N)=O. The maximum Gasteiger partial charge on any atom is 0.231 e. The third kappa shape index (κ3) is 3.25. The van der Waals surface area contributed by atoms with Crippen LogP contribution in [0.15, 0.2) is 24.3 Å². The highest BCUT2D eigenvalue weighted by Crippen LogP contribution is 2.21. The van der Waals surface area contributed by atoms with Gasteiger partial charge in [0.2, 0.25) is 5.91 Å². The van der Waals surface area contributed by atoms with E-state index in [1.54, 1.807) is 18.2 Å². The van der Waals surface area contributed by atoms with Crippen LogP contribution >= 0.6 is 0 Å². The number of amides is 1. The van der Waals surface area contributed by atoms with Gasteiger partial charge < -0.3 is 10.8 Å². The summed E-state index contributed by atoms with van der Waals surface area (Å²) in [6, 6.07) is 7.03. The Labute approximate surface area is 89.3 Å². The fourth-order valence-electron chi connectivity index (χ4n) is 1.42. The number of benzene rings is 1. The molecule has 4 heteroatoms. The average Bonchev–Trinajstić information content (AvgIpc) is 2.15. The van der Waals surface area contributed by atoms with Gasteiger partial charge in [0.25, 0.3) is 0 Å². The molecule has 1 atom stereocenters. The molecular weight excluding hydrogens is 192 g/mol. The molecule has 0 aliphatic heterocycles. The Morgan fingerprint density at radius 1 is 1.60 bits per heavy atom. The van der Waals surface area contributed by atoms with Gasteiger partial charge in [0.05, 0.1) is 6.54 Å². The number of rotatable bonds is 4. The van der Waals surface area contributed by atoms with Crippen molar-refractivity contribution in [2.24, 2.45) is 5.73 Å². The van der Waals surface area contributed by atoms with Crippen molar-refractivity contribution < 1.29 is 9.90 Å². The zero-order valence-corrected chi connectivity index (χ0v) is 8.97. The van der Waals surface area contributed by atoms with Gasteiger partial charge in [-0.2, -0.15) is 0 Å². The van der Waals surface area contributed by atoms with Crippen LogP contribution in [-0.2, 0) is 4.79 Å². The van der Waals surface area contributed by atoms with Gasteiger partial charge in [0.15, 0.2) is 0 Å². The van der Waals surface area contributed by atoms with E-state index < -0.39 is 0 Å². The maximum absolute atomic E-state index is 10.7. The predicted octanol–water partition coefficient (Wildman–Crippen LogP) is 0.870. The van der Waals surface area contributed by atoms with Crippen LogP contribution in [-0.4, -0.2) is 29.5 Å². The van der Waals surface area contributed by atoms with Crippen molar-refractivity contribution in [3.8, 4) is 5.75 Å². The van der Waals surface area contributed by atoms with Crippen molar-refractivity contribution in [1.82, 2.24) is 4.90 Å². The van der Waals surface area contributed by atoms with E-state index in [-0.39, 0.29) is 24.2 Å². The van der Waals surface area contributed by atoms with E-state index in [0.717, 1.165) is 5.56 Å². The first-order chi connectivity index (χ1) is 7.00. The van der Waals surface area contributed by atoms with Crippen molar-refractivity contribution in [2.75, 3.05) is 13.6 Å². The highest BCUT2D eigenvalue weighted by molar-refractivity contribution is 5.75. The average molecular weight is 208 g/mol. The molecule has 0 saturated heterocycles.